The number of nitrogens with zero attached hydrogens (tertiary/aromatic N) is 1. The molecule has 242 valence electrons. The van der Waals surface area contributed by atoms with Gasteiger partial charge in [0.1, 0.15) is 0 Å². The molecule has 0 aromatic carbocycles. The first-order valence-electron chi connectivity index (χ1n) is 17.9. The molecule has 1 heterocycles. The number of hydroxylamine groups is 2. The van der Waals surface area contributed by atoms with Crippen LogP contribution in [0.5, 0.6) is 0 Å². The lowest BCUT2D eigenvalue weighted by Gasteiger charge is -2.58. The molecule has 1 saturated heterocycles. The predicted molar refractivity (Wildman–Crippen MR) is 168 cm³/mol. The van der Waals surface area contributed by atoms with Crippen LogP contribution < -0.4 is 0 Å². The Morgan fingerprint density at radius 3 is 2.44 bits per heavy atom. The van der Waals surface area contributed by atoms with Crippen molar-refractivity contribution in [3.8, 4) is 0 Å². The third-order valence-corrected chi connectivity index (χ3v) is 12.8. The highest BCUT2D eigenvalue weighted by Crippen LogP contribution is 2.67. The summed E-state index contributed by atoms with van der Waals surface area (Å²) in [7, 11) is 0. The molecular formula is C37H59NO5. The van der Waals surface area contributed by atoms with E-state index in [-0.39, 0.29) is 19.3 Å². The molecule has 8 atom stereocenters. The van der Waals surface area contributed by atoms with Crippen LogP contribution in [0.1, 0.15) is 144 Å². The van der Waals surface area contributed by atoms with Gasteiger partial charge in [-0.2, -0.15) is 0 Å². The highest BCUT2D eigenvalue weighted by Gasteiger charge is 2.59. The van der Waals surface area contributed by atoms with Crippen molar-refractivity contribution in [3.05, 3.63) is 11.6 Å². The van der Waals surface area contributed by atoms with Crippen LogP contribution in [-0.4, -0.2) is 35.6 Å². The van der Waals surface area contributed by atoms with Gasteiger partial charge in [-0.15, -0.1) is 5.06 Å². The van der Waals surface area contributed by atoms with Crippen LogP contribution in [0.15, 0.2) is 11.6 Å². The third-order valence-electron chi connectivity index (χ3n) is 12.8. The van der Waals surface area contributed by atoms with E-state index in [0.29, 0.717) is 28.4 Å². The van der Waals surface area contributed by atoms with Gasteiger partial charge in [0.2, 0.25) is 0 Å². The van der Waals surface area contributed by atoms with Crippen LogP contribution >= 0.6 is 0 Å². The largest absolute Gasteiger partial charge is 0.378 e. The summed E-state index contributed by atoms with van der Waals surface area (Å²) >= 11 is 0. The molecule has 0 bridgehead atoms. The van der Waals surface area contributed by atoms with Crippen molar-refractivity contribution in [2.24, 2.45) is 46.3 Å². The first-order valence-corrected chi connectivity index (χ1v) is 17.9. The number of unbranched alkanes of at least 4 members (excludes halogenated alkanes) is 2. The number of hydrogen-bond acceptors (Lipinski definition) is 5. The summed E-state index contributed by atoms with van der Waals surface area (Å²) in [5.74, 6) is 3.85. The Morgan fingerprint density at radius 2 is 1.70 bits per heavy atom. The zero-order valence-corrected chi connectivity index (χ0v) is 27.8. The van der Waals surface area contributed by atoms with Crippen molar-refractivity contribution in [2.45, 2.75) is 150 Å². The van der Waals surface area contributed by atoms with Crippen molar-refractivity contribution in [1.82, 2.24) is 5.06 Å². The summed E-state index contributed by atoms with van der Waals surface area (Å²) in [5.41, 5.74) is 2.57. The number of rotatable bonds is 13. The number of amides is 2. The van der Waals surface area contributed by atoms with E-state index >= 15 is 0 Å². The molecule has 43 heavy (non-hydrogen) atoms. The van der Waals surface area contributed by atoms with Crippen LogP contribution in [0, 0.1) is 46.3 Å². The van der Waals surface area contributed by atoms with Gasteiger partial charge in [-0.1, -0.05) is 72.0 Å². The molecule has 2 amide bonds. The first-order chi connectivity index (χ1) is 20.5. The van der Waals surface area contributed by atoms with Crippen LogP contribution in [-0.2, 0) is 24.0 Å². The van der Waals surface area contributed by atoms with Gasteiger partial charge in [-0.25, -0.2) is 4.79 Å². The van der Waals surface area contributed by atoms with E-state index in [1.807, 2.05) is 0 Å². The summed E-state index contributed by atoms with van der Waals surface area (Å²) in [4.78, 5) is 40.2. The maximum Gasteiger partial charge on any atom is 0.333 e. The average molecular weight is 598 g/mol. The van der Waals surface area contributed by atoms with E-state index < -0.39 is 17.8 Å². The minimum atomic E-state index is -0.508. The molecule has 5 rings (SSSR count). The minimum Gasteiger partial charge on any atom is -0.378 e. The number of ether oxygens (including phenoxy) is 1. The molecule has 0 aromatic heterocycles. The molecule has 0 spiro atoms. The van der Waals surface area contributed by atoms with Crippen LogP contribution in [0.4, 0.5) is 0 Å². The molecule has 6 heteroatoms. The number of hydrogen-bond donors (Lipinski definition) is 0. The highest BCUT2D eigenvalue weighted by molar-refractivity contribution is 6.01. The number of imide groups is 1. The van der Waals surface area contributed by atoms with E-state index in [9.17, 15) is 14.4 Å². The maximum absolute atomic E-state index is 12.0. The highest BCUT2D eigenvalue weighted by atomic mass is 16.7. The summed E-state index contributed by atoms with van der Waals surface area (Å²) in [6, 6.07) is 0. The van der Waals surface area contributed by atoms with Crippen molar-refractivity contribution >= 4 is 17.8 Å². The van der Waals surface area contributed by atoms with Gasteiger partial charge < -0.3 is 9.57 Å². The average Bonchev–Trinajstić information content (AvgIpc) is 3.48. The molecule has 0 aromatic rings. The number of carbonyl (C=O) groups is 3. The van der Waals surface area contributed by atoms with E-state index in [1.165, 1.54) is 57.8 Å². The lowest BCUT2D eigenvalue weighted by molar-refractivity contribution is -0.197. The Morgan fingerprint density at radius 1 is 0.930 bits per heavy atom. The van der Waals surface area contributed by atoms with Crippen LogP contribution in [0.25, 0.3) is 0 Å². The van der Waals surface area contributed by atoms with Crippen molar-refractivity contribution in [3.63, 3.8) is 0 Å². The molecule has 4 aliphatic carbocycles. The van der Waals surface area contributed by atoms with E-state index in [2.05, 4.69) is 40.7 Å². The monoisotopic (exact) mass is 597 g/mol. The summed E-state index contributed by atoms with van der Waals surface area (Å²) in [6.45, 7) is 13.3. The number of fused-ring (bicyclic) bond motifs is 5. The Bertz CT molecular complexity index is 1040. The summed E-state index contributed by atoms with van der Waals surface area (Å²) < 4.78 is 6.37. The Balaban J connectivity index is 1.06. The van der Waals surface area contributed by atoms with Gasteiger partial charge in [0.25, 0.3) is 11.8 Å². The van der Waals surface area contributed by atoms with Gasteiger partial charge in [-0.05, 0) is 111 Å². The molecule has 0 radical (unpaired) electrons. The molecule has 3 unspecified atom stereocenters. The fourth-order valence-electron chi connectivity index (χ4n) is 10.4. The molecule has 4 fully saturated rings. The van der Waals surface area contributed by atoms with E-state index in [4.69, 9.17) is 9.57 Å². The van der Waals surface area contributed by atoms with E-state index in [0.717, 1.165) is 67.8 Å². The van der Waals surface area contributed by atoms with Crippen LogP contribution in [0.2, 0.25) is 0 Å². The topological polar surface area (TPSA) is 72.9 Å². The van der Waals surface area contributed by atoms with Gasteiger partial charge in [0, 0.05) is 25.9 Å². The Labute approximate surface area is 261 Å². The lowest BCUT2D eigenvalue weighted by atomic mass is 9.47. The van der Waals surface area contributed by atoms with Gasteiger partial charge >= 0.3 is 5.97 Å². The molecule has 5 aliphatic rings. The molecule has 0 N–H and O–H groups in total. The summed E-state index contributed by atoms with van der Waals surface area (Å²) in [6.07, 6.45) is 20.6. The Kier molecular flexibility index (Phi) is 10.5. The second-order valence-corrected chi connectivity index (χ2v) is 15.9. The number of allylic oxidation sites excluding steroid dienone is 1. The van der Waals surface area contributed by atoms with Crippen molar-refractivity contribution < 1.29 is 24.0 Å². The fourth-order valence-corrected chi connectivity index (χ4v) is 10.4. The quantitative estimate of drug-likeness (QED) is 0.121. The smallest absolute Gasteiger partial charge is 0.333 e. The first kappa shape index (κ1) is 32.7. The van der Waals surface area contributed by atoms with Crippen LogP contribution in [0.3, 0.4) is 0 Å². The predicted octanol–water partition coefficient (Wildman–Crippen LogP) is 8.58. The van der Waals surface area contributed by atoms with E-state index in [1.54, 1.807) is 5.57 Å². The second-order valence-electron chi connectivity index (χ2n) is 15.9. The normalized spacial score (nSPS) is 36.3. The van der Waals surface area contributed by atoms with Crippen molar-refractivity contribution in [2.75, 3.05) is 6.61 Å². The zero-order chi connectivity index (χ0) is 30.8. The fraction of sp³-hybridized carbons (Fsp3) is 0.865. The molecule has 3 saturated carbocycles. The lowest BCUT2D eigenvalue weighted by Crippen LogP contribution is -2.51. The standard InChI is InChI=1S/C37H59NO5/c1-25(2)10-9-11-26(3)30-15-16-31-29-14-13-27-24-28(19-21-36(27,4)32(29)20-22-37(30,31)5)42-23-8-6-7-12-35(41)43-38-33(39)17-18-34(38)40/h13,25-26,28-32H,6-12,14-24H2,1-5H3/t26-,28+,29?,30-,31?,32?,36+,37-/m1/s1. The minimum absolute atomic E-state index is 0.125. The van der Waals surface area contributed by atoms with Gasteiger partial charge in [0.15, 0.2) is 0 Å². The van der Waals surface area contributed by atoms with Gasteiger partial charge in [-0.3, -0.25) is 9.59 Å². The molecule has 6 nitrogen and oxygen atoms in total. The second kappa shape index (κ2) is 13.7. The SMILES string of the molecule is CC(C)CCC[C@@H](C)[C@H]1CCC2C3CC=C4C[C@@H](OCCCCCC(=O)ON5C(=O)CCC5=O)CC[C@]4(C)C3CC[C@@]21C. The summed E-state index contributed by atoms with van der Waals surface area (Å²) in [5, 5.41) is 0.636. The zero-order valence-electron chi connectivity index (χ0n) is 27.8. The molecular weight excluding hydrogens is 538 g/mol. The van der Waals surface area contributed by atoms with Crippen molar-refractivity contribution in [1.29, 1.82) is 0 Å². The maximum atomic E-state index is 12.0. The molecule has 1 aliphatic heterocycles. The Hall–Kier alpha value is -1.69. The number of carbonyl (C=O) groups excluding carboxylic acids is 3. The third kappa shape index (κ3) is 6.94. The van der Waals surface area contributed by atoms with Gasteiger partial charge in [0.05, 0.1) is 6.10 Å².